The second kappa shape index (κ2) is 7.64. The average Bonchev–Trinajstić information content (AvgIpc) is 2.48. The monoisotopic (exact) mass is 298 g/mol. The third-order valence-electron chi connectivity index (χ3n) is 3.53. The molecular weight excluding hydrogens is 276 g/mol. The fraction of sp³-hybridized carbons (Fsp3) is 0.714. The van der Waals surface area contributed by atoms with Crippen LogP contribution in [-0.4, -0.2) is 42.8 Å². The van der Waals surface area contributed by atoms with E-state index in [1.165, 1.54) is 19.3 Å². The molecule has 0 bridgehead atoms. The van der Waals surface area contributed by atoms with Crippen molar-refractivity contribution in [2.45, 2.75) is 38.6 Å². The number of nitrogens with one attached hydrogen (secondary N) is 1. The first kappa shape index (κ1) is 15.3. The summed E-state index contributed by atoms with van der Waals surface area (Å²) in [5.74, 6) is 0.771. The first-order valence-electron chi connectivity index (χ1n) is 7.29. The number of piperidine rings is 1. The van der Waals surface area contributed by atoms with Gasteiger partial charge in [-0.25, -0.2) is 4.98 Å². The van der Waals surface area contributed by atoms with Crippen LogP contribution in [-0.2, 0) is 0 Å². The molecule has 0 amide bonds. The highest BCUT2D eigenvalue weighted by molar-refractivity contribution is 6.32. The Morgan fingerprint density at radius 1 is 1.50 bits per heavy atom. The molecule has 5 nitrogen and oxygen atoms in total. The van der Waals surface area contributed by atoms with Crippen LogP contribution in [0.4, 0.5) is 5.82 Å². The summed E-state index contributed by atoms with van der Waals surface area (Å²) in [7, 11) is 1.57. The van der Waals surface area contributed by atoms with Crippen LogP contribution in [0, 0.1) is 0 Å². The Hall–Kier alpha value is -1.07. The number of aromatic nitrogens is 2. The number of nitrogens with zero attached hydrogens (tertiary/aromatic N) is 3. The number of anilines is 1. The van der Waals surface area contributed by atoms with Gasteiger partial charge in [0.05, 0.1) is 13.3 Å². The summed E-state index contributed by atoms with van der Waals surface area (Å²) in [5, 5.41) is 4.15. The molecule has 1 N–H and O–H groups in total. The number of hydrogen-bond acceptors (Lipinski definition) is 5. The summed E-state index contributed by atoms with van der Waals surface area (Å²) in [5.41, 5.74) is 0. The Bertz CT molecular complexity index is 424. The van der Waals surface area contributed by atoms with Crippen molar-refractivity contribution in [3.63, 3.8) is 0 Å². The zero-order valence-electron chi connectivity index (χ0n) is 12.2. The second-order valence-electron chi connectivity index (χ2n) is 5.12. The molecule has 1 aromatic heterocycles. The van der Waals surface area contributed by atoms with Gasteiger partial charge in [0.15, 0.2) is 5.82 Å². The maximum atomic E-state index is 6.26. The van der Waals surface area contributed by atoms with Gasteiger partial charge in [0.2, 0.25) is 0 Å². The van der Waals surface area contributed by atoms with Crippen LogP contribution >= 0.6 is 11.6 Å². The van der Waals surface area contributed by atoms with E-state index in [1.807, 2.05) is 0 Å². The van der Waals surface area contributed by atoms with Gasteiger partial charge in [-0.1, -0.05) is 24.9 Å². The molecule has 0 spiro atoms. The minimum atomic E-state index is 0.363. The predicted octanol–water partition coefficient (Wildman–Crippen LogP) is 2.50. The van der Waals surface area contributed by atoms with Gasteiger partial charge in [0.1, 0.15) is 5.02 Å². The molecule has 0 aliphatic carbocycles. The van der Waals surface area contributed by atoms with Crippen LogP contribution in [0.3, 0.4) is 0 Å². The van der Waals surface area contributed by atoms with Gasteiger partial charge in [-0.2, -0.15) is 4.98 Å². The number of ether oxygens (including phenoxy) is 1. The molecule has 1 atom stereocenters. The van der Waals surface area contributed by atoms with Gasteiger partial charge < -0.3 is 15.0 Å². The van der Waals surface area contributed by atoms with Crippen LogP contribution in [0.25, 0.3) is 0 Å². The second-order valence-corrected chi connectivity index (χ2v) is 5.53. The minimum absolute atomic E-state index is 0.363. The van der Waals surface area contributed by atoms with Crippen LogP contribution in [0.2, 0.25) is 5.02 Å². The number of halogens is 1. The lowest BCUT2D eigenvalue weighted by atomic mass is 10.0. The van der Waals surface area contributed by atoms with Crippen LogP contribution < -0.4 is 15.0 Å². The first-order chi connectivity index (χ1) is 9.74. The maximum Gasteiger partial charge on any atom is 0.318 e. The molecule has 1 fully saturated rings. The molecule has 2 heterocycles. The van der Waals surface area contributed by atoms with Crippen molar-refractivity contribution in [3.8, 4) is 6.01 Å². The highest BCUT2D eigenvalue weighted by Crippen LogP contribution is 2.25. The van der Waals surface area contributed by atoms with Crippen molar-refractivity contribution < 1.29 is 4.74 Å². The molecule has 0 saturated carbocycles. The summed E-state index contributed by atoms with van der Waals surface area (Å²) in [6, 6.07) is 0.870. The van der Waals surface area contributed by atoms with Gasteiger partial charge in [-0.15, -0.1) is 0 Å². The minimum Gasteiger partial charge on any atom is -0.467 e. The Kier molecular flexibility index (Phi) is 5.86. The van der Waals surface area contributed by atoms with Crippen LogP contribution in [0.1, 0.15) is 32.6 Å². The Morgan fingerprint density at radius 2 is 2.35 bits per heavy atom. The molecule has 0 aromatic carbocycles. The van der Waals surface area contributed by atoms with Crippen molar-refractivity contribution in [2.24, 2.45) is 0 Å². The number of hydrogen-bond donors (Lipinski definition) is 1. The van der Waals surface area contributed by atoms with E-state index in [4.69, 9.17) is 16.3 Å². The largest absolute Gasteiger partial charge is 0.467 e. The fourth-order valence-corrected chi connectivity index (χ4v) is 2.77. The summed E-state index contributed by atoms with van der Waals surface area (Å²) in [6.45, 7) is 5.12. The van der Waals surface area contributed by atoms with E-state index in [0.29, 0.717) is 17.1 Å². The van der Waals surface area contributed by atoms with E-state index in [1.54, 1.807) is 13.3 Å². The molecule has 1 aliphatic rings. The Morgan fingerprint density at radius 3 is 3.00 bits per heavy atom. The van der Waals surface area contributed by atoms with Crippen molar-refractivity contribution in [2.75, 3.05) is 31.6 Å². The summed E-state index contributed by atoms with van der Waals surface area (Å²) < 4.78 is 5.10. The van der Waals surface area contributed by atoms with E-state index in [2.05, 4.69) is 27.1 Å². The molecule has 1 saturated heterocycles. The summed E-state index contributed by atoms with van der Waals surface area (Å²) in [4.78, 5) is 10.7. The molecule has 2 rings (SSSR count). The molecule has 112 valence electrons. The van der Waals surface area contributed by atoms with Crippen LogP contribution in [0.5, 0.6) is 6.01 Å². The van der Waals surface area contributed by atoms with Gasteiger partial charge in [0.25, 0.3) is 0 Å². The van der Waals surface area contributed by atoms with Gasteiger partial charge in [0, 0.05) is 19.1 Å². The molecule has 1 aliphatic heterocycles. The quantitative estimate of drug-likeness (QED) is 0.874. The molecule has 0 radical (unpaired) electrons. The topological polar surface area (TPSA) is 50.3 Å². The molecule has 20 heavy (non-hydrogen) atoms. The van der Waals surface area contributed by atoms with E-state index in [0.717, 1.165) is 31.9 Å². The van der Waals surface area contributed by atoms with E-state index < -0.39 is 0 Å². The third-order valence-corrected chi connectivity index (χ3v) is 3.80. The molecule has 6 heteroatoms. The Balaban J connectivity index is 2.13. The lowest BCUT2D eigenvalue weighted by molar-refractivity contribution is 0.377. The normalized spacial score (nSPS) is 18.9. The number of methoxy groups -OCH3 is 1. The van der Waals surface area contributed by atoms with Gasteiger partial charge in [-0.3, -0.25) is 0 Å². The smallest absolute Gasteiger partial charge is 0.318 e. The SMILES string of the molecule is CCCN(CC1CCCCN1)c1nc(OC)ncc1Cl. The Labute approximate surface area is 125 Å². The summed E-state index contributed by atoms with van der Waals surface area (Å²) in [6.07, 6.45) is 6.43. The molecule has 1 unspecified atom stereocenters. The van der Waals surface area contributed by atoms with Crippen molar-refractivity contribution in [3.05, 3.63) is 11.2 Å². The molecular formula is C14H23ClN4O. The maximum absolute atomic E-state index is 6.26. The first-order valence-corrected chi connectivity index (χ1v) is 7.67. The number of rotatable bonds is 6. The zero-order valence-corrected chi connectivity index (χ0v) is 13.0. The van der Waals surface area contributed by atoms with Crippen molar-refractivity contribution in [1.29, 1.82) is 0 Å². The standard InChI is InChI=1S/C14H23ClN4O/c1-3-8-19(10-11-6-4-5-7-16-11)13-12(15)9-17-14(18-13)20-2/h9,11,16H,3-8,10H2,1-2H3. The highest BCUT2D eigenvalue weighted by Gasteiger charge is 2.20. The lowest BCUT2D eigenvalue weighted by Crippen LogP contribution is -2.44. The lowest BCUT2D eigenvalue weighted by Gasteiger charge is -2.31. The van der Waals surface area contributed by atoms with E-state index >= 15 is 0 Å². The highest BCUT2D eigenvalue weighted by atomic mass is 35.5. The van der Waals surface area contributed by atoms with Crippen molar-refractivity contribution >= 4 is 17.4 Å². The average molecular weight is 299 g/mol. The fourth-order valence-electron chi connectivity index (χ4n) is 2.56. The van der Waals surface area contributed by atoms with E-state index in [9.17, 15) is 0 Å². The van der Waals surface area contributed by atoms with Crippen LogP contribution in [0.15, 0.2) is 6.20 Å². The third kappa shape index (κ3) is 3.96. The predicted molar refractivity (Wildman–Crippen MR) is 81.7 cm³/mol. The summed E-state index contributed by atoms with van der Waals surface area (Å²) >= 11 is 6.26. The van der Waals surface area contributed by atoms with E-state index in [-0.39, 0.29) is 0 Å². The molecule has 1 aromatic rings. The van der Waals surface area contributed by atoms with Gasteiger partial charge in [-0.05, 0) is 25.8 Å². The zero-order chi connectivity index (χ0) is 14.4. The van der Waals surface area contributed by atoms with Gasteiger partial charge >= 0.3 is 6.01 Å². The van der Waals surface area contributed by atoms with Crippen molar-refractivity contribution in [1.82, 2.24) is 15.3 Å².